The number of nitrogens with zero attached hydrogens (tertiary/aromatic N) is 1. The molecule has 1 saturated heterocycles. The van der Waals surface area contributed by atoms with Gasteiger partial charge in [0, 0.05) is 24.0 Å². The second-order valence-electron chi connectivity index (χ2n) is 4.48. The average molecular weight is 274 g/mol. The molecule has 1 aromatic rings. The summed E-state index contributed by atoms with van der Waals surface area (Å²) in [7, 11) is -3.30. The highest BCUT2D eigenvalue weighted by Crippen LogP contribution is 2.31. The molecule has 2 N–H and O–H groups in total. The summed E-state index contributed by atoms with van der Waals surface area (Å²) in [5.74, 6) is 0. The van der Waals surface area contributed by atoms with Crippen LogP contribution in [0.15, 0.2) is 10.3 Å². The fourth-order valence-corrected chi connectivity index (χ4v) is 5.50. The van der Waals surface area contributed by atoms with Crippen LogP contribution < -0.4 is 5.73 Å². The summed E-state index contributed by atoms with van der Waals surface area (Å²) in [4.78, 5) is 0.954. The number of aryl methyl sites for hydroxylation is 1. The van der Waals surface area contributed by atoms with Crippen molar-refractivity contribution in [3.8, 4) is 0 Å². The minimum Gasteiger partial charge on any atom is -0.326 e. The van der Waals surface area contributed by atoms with E-state index < -0.39 is 10.0 Å². The van der Waals surface area contributed by atoms with Gasteiger partial charge in [-0.2, -0.15) is 4.31 Å². The van der Waals surface area contributed by atoms with Gasteiger partial charge in [0.15, 0.2) is 0 Å². The predicted molar refractivity (Wildman–Crippen MR) is 69.5 cm³/mol. The number of sulfonamides is 1. The van der Waals surface area contributed by atoms with Gasteiger partial charge in [-0.25, -0.2) is 8.42 Å². The second-order valence-corrected chi connectivity index (χ2v) is 7.74. The Labute approximate surface area is 106 Å². The Morgan fingerprint density at radius 2 is 2.29 bits per heavy atom. The molecule has 0 bridgehead atoms. The van der Waals surface area contributed by atoms with Gasteiger partial charge < -0.3 is 5.73 Å². The van der Waals surface area contributed by atoms with Gasteiger partial charge in [0.1, 0.15) is 4.21 Å². The normalized spacial score (nSPS) is 22.2. The predicted octanol–water partition coefficient (Wildman–Crippen LogP) is 1.69. The third kappa shape index (κ3) is 2.27. The first-order chi connectivity index (χ1) is 7.96. The van der Waals surface area contributed by atoms with Gasteiger partial charge >= 0.3 is 0 Å². The van der Waals surface area contributed by atoms with Gasteiger partial charge in [-0.05, 0) is 38.3 Å². The molecule has 1 aromatic heterocycles. The van der Waals surface area contributed by atoms with Crippen LogP contribution in [0, 0.1) is 6.92 Å². The quantitative estimate of drug-likeness (QED) is 0.912. The molecule has 0 saturated carbocycles. The first-order valence-corrected chi connectivity index (χ1v) is 8.03. The van der Waals surface area contributed by atoms with Crippen LogP contribution in [-0.4, -0.2) is 25.3 Å². The topological polar surface area (TPSA) is 63.4 Å². The van der Waals surface area contributed by atoms with Crippen molar-refractivity contribution >= 4 is 21.4 Å². The van der Waals surface area contributed by atoms with Crippen molar-refractivity contribution in [3.05, 3.63) is 16.5 Å². The van der Waals surface area contributed by atoms with Crippen LogP contribution in [0.1, 0.15) is 30.2 Å². The number of hydrogen-bond donors (Lipinski definition) is 1. The second kappa shape index (κ2) is 4.68. The first kappa shape index (κ1) is 13.0. The van der Waals surface area contributed by atoms with Gasteiger partial charge in [-0.15, -0.1) is 11.3 Å². The third-order valence-electron chi connectivity index (χ3n) is 3.24. The standard InChI is InChI=1S/C11H18N2O2S2/c1-8-6-11(16-10(8)7-12)17(14,15)13-5-3-4-9(13)2/h6,9H,3-5,7,12H2,1-2H3. The zero-order valence-corrected chi connectivity index (χ0v) is 11.8. The molecule has 1 unspecified atom stereocenters. The molecule has 1 aliphatic heterocycles. The molecule has 17 heavy (non-hydrogen) atoms. The van der Waals surface area contributed by atoms with E-state index in [0.717, 1.165) is 23.3 Å². The zero-order chi connectivity index (χ0) is 12.6. The van der Waals surface area contributed by atoms with Crippen molar-refractivity contribution in [2.45, 2.75) is 43.5 Å². The molecule has 0 amide bonds. The lowest BCUT2D eigenvalue weighted by atomic mass is 10.3. The zero-order valence-electron chi connectivity index (χ0n) is 10.1. The summed E-state index contributed by atoms with van der Waals surface area (Å²) in [5, 5.41) is 0. The van der Waals surface area contributed by atoms with Gasteiger partial charge in [0.2, 0.25) is 0 Å². The molecular weight excluding hydrogens is 256 g/mol. The monoisotopic (exact) mass is 274 g/mol. The smallest absolute Gasteiger partial charge is 0.252 e. The SMILES string of the molecule is Cc1cc(S(=O)(=O)N2CCCC2C)sc1CN. The minimum atomic E-state index is -3.30. The summed E-state index contributed by atoms with van der Waals surface area (Å²) >= 11 is 1.30. The van der Waals surface area contributed by atoms with Gasteiger partial charge in [-0.1, -0.05) is 0 Å². The summed E-state index contributed by atoms with van der Waals surface area (Å²) in [5.41, 5.74) is 6.56. The summed E-state index contributed by atoms with van der Waals surface area (Å²) in [6.45, 7) is 4.92. The van der Waals surface area contributed by atoms with E-state index in [0.29, 0.717) is 17.3 Å². The van der Waals surface area contributed by atoms with Crippen molar-refractivity contribution in [3.63, 3.8) is 0 Å². The van der Waals surface area contributed by atoms with E-state index in [1.807, 2.05) is 13.8 Å². The van der Waals surface area contributed by atoms with Crippen LogP contribution in [0.4, 0.5) is 0 Å². The van der Waals surface area contributed by atoms with Crippen LogP contribution >= 0.6 is 11.3 Å². The molecule has 4 nitrogen and oxygen atoms in total. The van der Waals surface area contributed by atoms with E-state index in [1.54, 1.807) is 10.4 Å². The summed E-state index contributed by atoms with van der Waals surface area (Å²) < 4.78 is 26.9. The van der Waals surface area contributed by atoms with Crippen LogP contribution in [0.5, 0.6) is 0 Å². The van der Waals surface area contributed by atoms with Crippen molar-refractivity contribution in [2.75, 3.05) is 6.54 Å². The van der Waals surface area contributed by atoms with Crippen molar-refractivity contribution in [1.29, 1.82) is 0 Å². The lowest BCUT2D eigenvalue weighted by Crippen LogP contribution is -2.33. The van der Waals surface area contributed by atoms with Crippen LogP contribution in [0.3, 0.4) is 0 Å². The van der Waals surface area contributed by atoms with E-state index in [-0.39, 0.29) is 6.04 Å². The maximum Gasteiger partial charge on any atom is 0.252 e. The molecule has 0 radical (unpaired) electrons. The fourth-order valence-electron chi connectivity index (χ4n) is 2.20. The third-order valence-corrected chi connectivity index (χ3v) is 6.96. The highest BCUT2D eigenvalue weighted by atomic mass is 32.2. The van der Waals surface area contributed by atoms with Crippen LogP contribution in [0.2, 0.25) is 0 Å². The van der Waals surface area contributed by atoms with Crippen molar-refractivity contribution < 1.29 is 8.42 Å². The van der Waals surface area contributed by atoms with Crippen molar-refractivity contribution in [2.24, 2.45) is 5.73 Å². The Bertz CT molecular complexity index is 508. The van der Waals surface area contributed by atoms with Gasteiger partial charge in [0.05, 0.1) is 0 Å². The maximum atomic E-state index is 12.4. The van der Waals surface area contributed by atoms with E-state index >= 15 is 0 Å². The molecule has 1 atom stereocenters. The minimum absolute atomic E-state index is 0.115. The lowest BCUT2D eigenvalue weighted by Gasteiger charge is -2.19. The van der Waals surface area contributed by atoms with Gasteiger partial charge in [0.25, 0.3) is 10.0 Å². The van der Waals surface area contributed by atoms with Crippen LogP contribution in [-0.2, 0) is 16.6 Å². The van der Waals surface area contributed by atoms with E-state index in [4.69, 9.17) is 5.73 Å². The summed E-state index contributed by atoms with van der Waals surface area (Å²) in [6.07, 6.45) is 1.90. The molecule has 0 spiro atoms. The number of nitrogens with two attached hydrogens (primary N) is 1. The molecule has 1 fully saturated rings. The molecule has 1 aliphatic rings. The van der Waals surface area contributed by atoms with Crippen LogP contribution in [0.25, 0.3) is 0 Å². The maximum absolute atomic E-state index is 12.4. The number of hydrogen-bond acceptors (Lipinski definition) is 4. The number of thiophene rings is 1. The molecular formula is C11H18N2O2S2. The first-order valence-electron chi connectivity index (χ1n) is 5.78. The Morgan fingerprint density at radius 3 is 2.76 bits per heavy atom. The van der Waals surface area contributed by atoms with E-state index in [2.05, 4.69) is 0 Å². The molecule has 0 aliphatic carbocycles. The molecule has 96 valence electrons. The van der Waals surface area contributed by atoms with E-state index in [9.17, 15) is 8.42 Å². The number of rotatable bonds is 3. The Kier molecular flexibility index (Phi) is 3.58. The summed E-state index contributed by atoms with van der Waals surface area (Å²) in [6, 6.07) is 1.86. The molecule has 2 heterocycles. The average Bonchev–Trinajstić information content (AvgIpc) is 2.84. The molecule has 2 rings (SSSR count). The Morgan fingerprint density at radius 1 is 1.59 bits per heavy atom. The largest absolute Gasteiger partial charge is 0.326 e. The van der Waals surface area contributed by atoms with Gasteiger partial charge in [-0.3, -0.25) is 0 Å². The van der Waals surface area contributed by atoms with Crippen molar-refractivity contribution in [1.82, 2.24) is 4.31 Å². The Balaban J connectivity index is 2.37. The lowest BCUT2D eigenvalue weighted by molar-refractivity contribution is 0.409. The molecule has 0 aromatic carbocycles. The molecule has 6 heteroatoms. The highest BCUT2D eigenvalue weighted by Gasteiger charge is 2.33. The fraction of sp³-hybridized carbons (Fsp3) is 0.636. The Hall–Kier alpha value is -0.430. The van der Waals surface area contributed by atoms with E-state index in [1.165, 1.54) is 11.3 Å². The highest BCUT2D eigenvalue weighted by molar-refractivity contribution is 7.91.